The van der Waals surface area contributed by atoms with Gasteiger partial charge >= 0.3 is 0 Å². The van der Waals surface area contributed by atoms with Crippen LogP contribution in [0.3, 0.4) is 0 Å². The van der Waals surface area contributed by atoms with Gasteiger partial charge in [-0.25, -0.2) is 4.98 Å². The molecule has 0 radical (unpaired) electrons. The van der Waals surface area contributed by atoms with Crippen molar-refractivity contribution in [1.82, 2.24) is 29.5 Å². The number of benzene rings is 1. The topological polar surface area (TPSA) is 87.1 Å². The fourth-order valence-corrected chi connectivity index (χ4v) is 5.15. The number of rotatable bonds is 5. The molecule has 3 aromatic rings. The van der Waals surface area contributed by atoms with Crippen LogP contribution in [-0.2, 0) is 30.1 Å². The van der Waals surface area contributed by atoms with Gasteiger partial charge in [-0.1, -0.05) is 39.0 Å². The lowest BCUT2D eigenvalue weighted by Crippen LogP contribution is -2.50. The molecule has 1 aliphatic heterocycles. The molecule has 0 saturated carbocycles. The Morgan fingerprint density at radius 2 is 1.80 bits per heavy atom. The van der Waals surface area contributed by atoms with Crippen LogP contribution in [0, 0.1) is 6.92 Å². The Kier molecular flexibility index (Phi) is 6.77. The summed E-state index contributed by atoms with van der Waals surface area (Å²) in [6.45, 7) is 13.9. The first-order valence-corrected chi connectivity index (χ1v) is 12.3. The fourth-order valence-electron chi connectivity index (χ4n) is 4.71. The predicted octanol–water partition coefficient (Wildman–Crippen LogP) is 3.81. The van der Waals surface area contributed by atoms with Crippen molar-refractivity contribution in [3.8, 4) is 0 Å². The van der Waals surface area contributed by atoms with Crippen molar-refractivity contribution in [3.63, 3.8) is 0 Å². The van der Waals surface area contributed by atoms with E-state index in [-0.39, 0.29) is 17.2 Å². The summed E-state index contributed by atoms with van der Waals surface area (Å²) in [5.41, 5.74) is 4.20. The Morgan fingerprint density at radius 3 is 2.43 bits per heavy atom. The average molecular weight is 497 g/mol. The van der Waals surface area contributed by atoms with Crippen LogP contribution in [0.4, 0.5) is 0 Å². The third-order valence-electron chi connectivity index (χ3n) is 6.75. The van der Waals surface area contributed by atoms with Gasteiger partial charge in [-0.3, -0.25) is 14.7 Å². The van der Waals surface area contributed by atoms with Gasteiger partial charge in [0.25, 0.3) is 5.91 Å². The van der Waals surface area contributed by atoms with Crippen LogP contribution in [0.15, 0.2) is 24.8 Å². The summed E-state index contributed by atoms with van der Waals surface area (Å²) in [5.74, 6) is 0.698. The van der Waals surface area contributed by atoms with E-state index in [0.717, 1.165) is 33.0 Å². The first kappa shape index (κ1) is 25.0. The summed E-state index contributed by atoms with van der Waals surface area (Å²) >= 11 is 6.51. The van der Waals surface area contributed by atoms with Gasteiger partial charge in [0, 0.05) is 55.8 Å². The maximum absolute atomic E-state index is 13.3. The number of aryl methyl sites for hydroxylation is 3. The fraction of sp³-hybridized carbons (Fsp3) is 0.462. The molecule has 0 spiro atoms. The number of H-pyrrole nitrogens is 1. The minimum absolute atomic E-state index is 0.0501. The lowest BCUT2D eigenvalue weighted by molar-refractivity contribution is -0.127. The minimum Gasteiger partial charge on any atom is -0.336 e. The Hall–Kier alpha value is -3.13. The molecular weight excluding hydrogens is 464 g/mol. The van der Waals surface area contributed by atoms with Crippen molar-refractivity contribution >= 4 is 34.3 Å². The highest BCUT2D eigenvalue weighted by Gasteiger charge is 2.28. The Morgan fingerprint density at radius 1 is 1.14 bits per heavy atom. The van der Waals surface area contributed by atoms with Crippen LogP contribution in [0.1, 0.15) is 54.0 Å². The molecule has 1 saturated heterocycles. The Balaban J connectivity index is 1.50. The van der Waals surface area contributed by atoms with Gasteiger partial charge in [0.15, 0.2) is 0 Å². The first-order chi connectivity index (χ1) is 16.5. The van der Waals surface area contributed by atoms with E-state index in [1.165, 1.54) is 6.08 Å². The lowest BCUT2D eigenvalue weighted by atomic mass is 9.86. The summed E-state index contributed by atoms with van der Waals surface area (Å²) < 4.78 is 1.90. The van der Waals surface area contributed by atoms with E-state index in [4.69, 9.17) is 16.6 Å². The van der Waals surface area contributed by atoms with Crippen LogP contribution in [0.5, 0.6) is 0 Å². The zero-order valence-corrected chi connectivity index (χ0v) is 21.9. The third kappa shape index (κ3) is 4.85. The van der Waals surface area contributed by atoms with E-state index in [0.29, 0.717) is 50.4 Å². The van der Waals surface area contributed by atoms with E-state index in [2.05, 4.69) is 43.6 Å². The van der Waals surface area contributed by atoms with Crippen molar-refractivity contribution in [3.05, 3.63) is 58.3 Å². The summed E-state index contributed by atoms with van der Waals surface area (Å²) in [6, 6.07) is 4.05. The van der Waals surface area contributed by atoms with Gasteiger partial charge in [0.2, 0.25) is 5.91 Å². The lowest BCUT2D eigenvalue weighted by Gasteiger charge is -2.34. The van der Waals surface area contributed by atoms with E-state index in [1.54, 1.807) is 9.80 Å². The third-order valence-corrected chi connectivity index (χ3v) is 7.06. The van der Waals surface area contributed by atoms with E-state index in [1.807, 2.05) is 24.6 Å². The van der Waals surface area contributed by atoms with Gasteiger partial charge in [-0.05, 0) is 42.5 Å². The smallest absolute Gasteiger partial charge is 0.272 e. The number of aromatic nitrogens is 4. The number of nitrogens with one attached hydrogen (secondary N) is 1. The molecule has 2 amide bonds. The second kappa shape index (κ2) is 9.49. The molecule has 8 nitrogen and oxygen atoms in total. The number of aromatic amines is 1. The normalized spacial score (nSPS) is 14.6. The van der Waals surface area contributed by atoms with Crippen molar-refractivity contribution in [2.45, 2.75) is 46.0 Å². The van der Waals surface area contributed by atoms with Crippen LogP contribution in [0.25, 0.3) is 10.9 Å². The standard InChI is InChI=1S/C26H33ClN6O2/c1-7-23(34)32-10-12-33(13-11-32)25(35)24-16(2)28-22(31(24)6)9-8-20-17-14-18(26(3,4)5)19(27)15-21(17)30-29-20/h7,14-15H,1,8-13H2,2-6H3,(H,29,30). The zero-order chi connectivity index (χ0) is 25.5. The van der Waals surface area contributed by atoms with Crippen LogP contribution in [-0.4, -0.2) is 67.5 Å². The Bertz CT molecular complexity index is 1290. The van der Waals surface area contributed by atoms with Crippen LogP contribution in [0.2, 0.25) is 5.02 Å². The second-order valence-electron chi connectivity index (χ2n) is 10.1. The molecule has 1 aromatic carbocycles. The molecule has 186 valence electrons. The molecule has 0 unspecified atom stereocenters. The summed E-state index contributed by atoms with van der Waals surface area (Å²) in [7, 11) is 1.89. The number of fused-ring (bicyclic) bond motifs is 1. The highest BCUT2D eigenvalue weighted by Crippen LogP contribution is 2.33. The molecule has 0 atom stereocenters. The number of nitrogens with zero attached hydrogens (tertiary/aromatic N) is 5. The maximum Gasteiger partial charge on any atom is 0.272 e. The number of carbonyl (C=O) groups is 2. The second-order valence-corrected chi connectivity index (χ2v) is 10.6. The van der Waals surface area contributed by atoms with E-state index < -0.39 is 0 Å². The molecule has 3 heterocycles. The van der Waals surface area contributed by atoms with Gasteiger partial charge in [0.1, 0.15) is 11.5 Å². The molecule has 9 heteroatoms. The number of hydrogen-bond donors (Lipinski definition) is 1. The van der Waals surface area contributed by atoms with Crippen LogP contribution >= 0.6 is 11.6 Å². The highest BCUT2D eigenvalue weighted by molar-refractivity contribution is 6.32. The molecule has 0 bridgehead atoms. The molecule has 4 rings (SSSR count). The average Bonchev–Trinajstić information content (AvgIpc) is 3.34. The largest absolute Gasteiger partial charge is 0.336 e. The summed E-state index contributed by atoms with van der Waals surface area (Å²) in [6.07, 6.45) is 2.69. The number of halogens is 1. The predicted molar refractivity (Wildman–Crippen MR) is 138 cm³/mol. The monoisotopic (exact) mass is 496 g/mol. The highest BCUT2D eigenvalue weighted by atomic mass is 35.5. The van der Waals surface area contributed by atoms with Gasteiger partial charge in [-0.15, -0.1) is 0 Å². The number of imidazole rings is 1. The number of amides is 2. The van der Waals surface area contributed by atoms with E-state index in [9.17, 15) is 9.59 Å². The molecule has 1 fully saturated rings. The van der Waals surface area contributed by atoms with Crippen LogP contribution < -0.4 is 0 Å². The number of hydrogen-bond acceptors (Lipinski definition) is 4. The zero-order valence-electron chi connectivity index (χ0n) is 21.1. The van der Waals surface area contributed by atoms with Crippen molar-refractivity contribution in [2.75, 3.05) is 26.2 Å². The van der Waals surface area contributed by atoms with Gasteiger partial charge in [0.05, 0.1) is 11.2 Å². The van der Waals surface area contributed by atoms with Gasteiger partial charge < -0.3 is 14.4 Å². The maximum atomic E-state index is 13.3. The summed E-state index contributed by atoms with van der Waals surface area (Å²) in [4.78, 5) is 33.3. The van der Waals surface area contributed by atoms with Crippen molar-refractivity contribution in [1.29, 1.82) is 0 Å². The number of carbonyl (C=O) groups excluding carboxylic acids is 2. The number of piperazine rings is 1. The molecule has 0 aliphatic carbocycles. The van der Waals surface area contributed by atoms with Crippen molar-refractivity contribution < 1.29 is 9.59 Å². The molecule has 2 aromatic heterocycles. The van der Waals surface area contributed by atoms with E-state index >= 15 is 0 Å². The SMILES string of the molecule is C=CC(=O)N1CCN(C(=O)c2c(C)nc(CCc3[nH]nc4cc(Cl)c(C(C)(C)C)cc34)n2C)CC1. The minimum atomic E-state index is -0.0979. The molecule has 35 heavy (non-hydrogen) atoms. The summed E-state index contributed by atoms with van der Waals surface area (Å²) in [5, 5.41) is 9.39. The molecule has 1 aliphatic rings. The van der Waals surface area contributed by atoms with Crippen molar-refractivity contribution in [2.24, 2.45) is 7.05 Å². The Labute approximate surface area is 210 Å². The van der Waals surface area contributed by atoms with Gasteiger partial charge in [-0.2, -0.15) is 5.10 Å². The molecule has 1 N–H and O–H groups in total. The quantitative estimate of drug-likeness (QED) is 0.544. The first-order valence-electron chi connectivity index (χ1n) is 11.9. The molecular formula is C26H33ClN6O2.